The highest BCUT2D eigenvalue weighted by atomic mass is 19.4. The Morgan fingerprint density at radius 3 is 1.96 bits per heavy atom. The summed E-state index contributed by atoms with van der Waals surface area (Å²) in [5.74, 6) is 1.37. The van der Waals surface area contributed by atoms with Crippen LogP contribution in [0.2, 0.25) is 0 Å². The molecule has 4 aromatic rings. The van der Waals surface area contributed by atoms with Gasteiger partial charge < -0.3 is 14.7 Å². The van der Waals surface area contributed by atoms with E-state index in [0.717, 1.165) is 62.0 Å². The number of alkyl halides is 6. The van der Waals surface area contributed by atoms with Gasteiger partial charge in [-0.1, -0.05) is 0 Å². The van der Waals surface area contributed by atoms with Gasteiger partial charge in [-0.3, -0.25) is 4.79 Å². The fourth-order valence-electron chi connectivity index (χ4n) is 6.12. The second kappa shape index (κ2) is 14.4. The van der Waals surface area contributed by atoms with Gasteiger partial charge in [-0.25, -0.2) is 19.6 Å². The Balaban J connectivity index is 1.47. The van der Waals surface area contributed by atoms with Crippen molar-refractivity contribution in [1.82, 2.24) is 29.6 Å². The number of fused-ring (bicyclic) bond motifs is 1. The third-order valence-electron chi connectivity index (χ3n) is 9.17. The maximum absolute atomic E-state index is 13.9. The molecule has 2 aliphatic rings. The maximum atomic E-state index is 13.9. The Hall–Kier alpha value is -4.69. The number of nitrogens with zero attached hydrogens (tertiary/aromatic N) is 8. The minimum absolute atomic E-state index is 0.00181. The normalized spacial score (nSPS) is 15.2. The van der Waals surface area contributed by atoms with Crippen molar-refractivity contribution in [3.8, 4) is 0 Å². The van der Waals surface area contributed by atoms with E-state index in [2.05, 4.69) is 14.9 Å². The number of halogens is 6. The van der Waals surface area contributed by atoms with Gasteiger partial charge in [0.05, 0.1) is 22.4 Å². The van der Waals surface area contributed by atoms with Gasteiger partial charge in [0.15, 0.2) is 11.4 Å². The number of allylic oxidation sites excluding steroid dienone is 1. The molecule has 15 heteroatoms. The smallest absolute Gasteiger partial charge is 0.383 e. The molecule has 1 aromatic carbocycles. The van der Waals surface area contributed by atoms with Crippen molar-refractivity contribution in [3.05, 3.63) is 82.4 Å². The number of ketones is 1. The van der Waals surface area contributed by atoms with E-state index in [1.807, 2.05) is 31.5 Å². The van der Waals surface area contributed by atoms with Crippen molar-refractivity contribution in [2.24, 2.45) is 11.8 Å². The molecule has 0 aliphatic heterocycles. The summed E-state index contributed by atoms with van der Waals surface area (Å²) < 4.78 is 85.3. The lowest BCUT2D eigenvalue weighted by Gasteiger charge is -2.29. The number of anilines is 2. The molecule has 0 bridgehead atoms. The molecule has 0 saturated heterocycles. The molecule has 0 atom stereocenters. The van der Waals surface area contributed by atoms with Gasteiger partial charge in [-0.05, 0) is 88.1 Å². The summed E-state index contributed by atoms with van der Waals surface area (Å²) in [6.45, 7) is 7.08. The molecule has 0 amide bonds. The van der Waals surface area contributed by atoms with E-state index in [-0.39, 0.29) is 41.5 Å². The quantitative estimate of drug-likeness (QED) is 0.0730. The standard InChI is InChI=1S/C37H42F6N8O/c1-22(2)51-34-31(23(3)47-51)14-27(33(46-34)49(18-24-6-7-24)19-25-8-9-25)21-50(35-44-16-28(17-45-35)32(52)10-11-48(4)5)20-26-12-29(36(38,39)40)15-30(13-26)37(41,42)43/h10-17,22,24-25H,6-9,18-21H2,1-5H3. The van der Waals surface area contributed by atoms with Crippen molar-refractivity contribution < 1.29 is 31.1 Å². The first-order valence-corrected chi connectivity index (χ1v) is 17.3. The minimum atomic E-state index is -5.01. The van der Waals surface area contributed by atoms with Gasteiger partial charge in [0.2, 0.25) is 5.95 Å². The third-order valence-corrected chi connectivity index (χ3v) is 9.17. The van der Waals surface area contributed by atoms with Gasteiger partial charge in [-0.2, -0.15) is 31.4 Å². The fraction of sp³-hybridized carbons (Fsp3) is 0.486. The van der Waals surface area contributed by atoms with E-state index in [1.165, 1.54) is 23.4 Å². The Morgan fingerprint density at radius 2 is 1.46 bits per heavy atom. The van der Waals surface area contributed by atoms with Gasteiger partial charge in [0.1, 0.15) is 5.82 Å². The van der Waals surface area contributed by atoms with Crippen LogP contribution < -0.4 is 9.80 Å². The minimum Gasteiger partial charge on any atom is -0.383 e. The lowest BCUT2D eigenvalue weighted by Crippen LogP contribution is -2.32. The zero-order valence-electron chi connectivity index (χ0n) is 29.8. The highest BCUT2D eigenvalue weighted by Gasteiger charge is 2.37. The van der Waals surface area contributed by atoms with Crippen LogP contribution >= 0.6 is 0 Å². The first-order chi connectivity index (χ1) is 24.5. The average molecular weight is 729 g/mol. The molecular formula is C37H42F6N8O. The van der Waals surface area contributed by atoms with E-state index in [1.54, 1.807) is 25.2 Å². The summed E-state index contributed by atoms with van der Waals surface area (Å²) in [6, 6.07) is 3.54. The summed E-state index contributed by atoms with van der Waals surface area (Å²) in [5, 5.41) is 5.53. The molecular weight excluding hydrogens is 686 g/mol. The molecule has 2 aliphatic carbocycles. The molecule has 0 unspecified atom stereocenters. The SMILES string of the molecule is Cc1nn(C(C)C)c2nc(N(CC3CC3)CC3CC3)c(CN(Cc3cc(C(F)(F)F)cc(C(F)(F)F)c3)c3ncc(C(=O)C=CN(C)C)cn3)cc12. The fourth-order valence-corrected chi connectivity index (χ4v) is 6.12. The van der Waals surface area contributed by atoms with Gasteiger partial charge in [0.25, 0.3) is 0 Å². The first-order valence-electron chi connectivity index (χ1n) is 17.3. The van der Waals surface area contributed by atoms with Gasteiger partial charge in [0, 0.05) is 81.9 Å². The lowest BCUT2D eigenvalue weighted by atomic mass is 10.0. The number of hydrogen-bond acceptors (Lipinski definition) is 8. The summed E-state index contributed by atoms with van der Waals surface area (Å²) in [5.41, 5.74) is -0.732. The van der Waals surface area contributed by atoms with Crippen LogP contribution in [-0.2, 0) is 25.4 Å². The van der Waals surface area contributed by atoms with Crippen LogP contribution in [0.4, 0.5) is 38.1 Å². The van der Waals surface area contributed by atoms with E-state index in [4.69, 9.17) is 10.1 Å². The number of pyridine rings is 1. The summed E-state index contributed by atoms with van der Waals surface area (Å²) >= 11 is 0. The number of rotatable bonds is 14. The largest absolute Gasteiger partial charge is 0.416 e. The number of aryl methyl sites for hydroxylation is 1. The average Bonchev–Trinajstić information content (AvgIpc) is 4.02. The predicted molar refractivity (Wildman–Crippen MR) is 186 cm³/mol. The van der Waals surface area contributed by atoms with Crippen molar-refractivity contribution >= 4 is 28.6 Å². The highest BCUT2D eigenvalue weighted by molar-refractivity contribution is 6.04. The van der Waals surface area contributed by atoms with Crippen LogP contribution in [0, 0.1) is 18.8 Å². The summed E-state index contributed by atoms with van der Waals surface area (Å²) in [6.07, 6.45) is -0.0879. The number of benzene rings is 1. The van der Waals surface area contributed by atoms with E-state index in [9.17, 15) is 31.1 Å². The molecule has 6 rings (SSSR count). The topological polar surface area (TPSA) is 83.3 Å². The Kier molecular flexibility index (Phi) is 10.3. The van der Waals surface area contributed by atoms with Crippen LogP contribution in [0.1, 0.15) is 83.9 Å². The van der Waals surface area contributed by atoms with Crippen molar-refractivity contribution in [2.45, 2.75) is 77.9 Å². The van der Waals surface area contributed by atoms with Gasteiger partial charge >= 0.3 is 12.4 Å². The monoisotopic (exact) mass is 728 g/mol. The van der Waals surface area contributed by atoms with Crippen molar-refractivity contribution in [1.29, 1.82) is 0 Å². The van der Waals surface area contributed by atoms with Crippen molar-refractivity contribution in [3.63, 3.8) is 0 Å². The number of hydrogen-bond donors (Lipinski definition) is 0. The van der Waals surface area contributed by atoms with E-state index >= 15 is 0 Å². The number of carbonyl (C=O) groups is 1. The zero-order valence-corrected chi connectivity index (χ0v) is 29.8. The van der Waals surface area contributed by atoms with Gasteiger partial charge in [-0.15, -0.1) is 0 Å². The molecule has 0 N–H and O–H groups in total. The van der Waals surface area contributed by atoms with E-state index in [0.29, 0.717) is 28.9 Å². The first kappa shape index (κ1) is 37.1. The van der Waals surface area contributed by atoms with Crippen LogP contribution in [0.15, 0.2) is 48.9 Å². The van der Waals surface area contributed by atoms with Crippen LogP contribution in [0.25, 0.3) is 11.0 Å². The van der Waals surface area contributed by atoms with E-state index < -0.39 is 30.0 Å². The molecule has 2 saturated carbocycles. The summed E-state index contributed by atoms with van der Waals surface area (Å²) in [4.78, 5) is 32.3. The Bertz CT molecular complexity index is 1900. The lowest BCUT2D eigenvalue weighted by molar-refractivity contribution is -0.143. The number of carbonyl (C=O) groups excluding carboxylic acids is 1. The second-order valence-electron chi connectivity index (χ2n) is 14.4. The summed E-state index contributed by atoms with van der Waals surface area (Å²) in [7, 11) is 3.51. The highest BCUT2D eigenvalue weighted by Crippen LogP contribution is 2.39. The van der Waals surface area contributed by atoms with Crippen LogP contribution in [0.5, 0.6) is 0 Å². The Labute approximate surface area is 298 Å². The maximum Gasteiger partial charge on any atom is 0.416 e. The molecule has 9 nitrogen and oxygen atoms in total. The molecule has 3 aromatic heterocycles. The molecule has 2 fully saturated rings. The second-order valence-corrected chi connectivity index (χ2v) is 14.4. The van der Waals surface area contributed by atoms with Crippen LogP contribution in [-0.4, -0.2) is 62.6 Å². The molecule has 3 heterocycles. The molecule has 278 valence electrons. The molecule has 52 heavy (non-hydrogen) atoms. The molecule has 0 radical (unpaired) electrons. The van der Waals surface area contributed by atoms with Crippen LogP contribution in [0.3, 0.4) is 0 Å². The predicted octanol–water partition coefficient (Wildman–Crippen LogP) is 8.24. The third kappa shape index (κ3) is 8.84. The zero-order chi connectivity index (χ0) is 37.5. The Morgan fingerprint density at radius 1 is 0.885 bits per heavy atom. The van der Waals surface area contributed by atoms with Crippen molar-refractivity contribution in [2.75, 3.05) is 37.0 Å². The molecule has 0 spiro atoms. The number of aromatic nitrogens is 5.